The first-order valence-corrected chi connectivity index (χ1v) is 10.5. The lowest BCUT2D eigenvalue weighted by molar-refractivity contribution is 0.0938. The van der Waals surface area contributed by atoms with E-state index in [0.29, 0.717) is 18.4 Å². The standard InChI is InChI=1S/C22H18FNO4S/c23-18-9-6-15(7-10-18)22(25)24-19-12-16-8-11-20(14-17(16)13-19)28-29(26,27)21-4-2-1-3-5-21/h1-11,14,19H,12-13H2,(H,24,25). The summed E-state index contributed by atoms with van der Waals surface area (Å²) in [6.07, 6.45) is 1.19. The predicted octanol–water partition coefficient (Wildman–Crippen LogP) is 3.49. The van der Waals surface area contributed by atoms with Gasteiger partial charge in [-0.25, -0.2) is 4.39 Å². The molecule has 0 saturated carbocycles. The number of hydrogen-bond acceptors (Lipinski definition) is 4. The Hall–Kier alpha value is -3.19. The summed E-state index contributed by atoms with van der Waals surface area (Å²) in [6, 6.07) is 18.3. The Morgan fingerprint density at radius 3 is 2.34 bits per heavy atom. The summed E-state index contributed by atoms with van der Waals surface area (Å²) in [5.74, 6) is -0.433. The summed E-state index contributed by atoms with van der Waals surface area (Å²) in [6.45, 7) is 0. The van der Waals surface area contributed by atoms with Crippen LogP contribution in [0.25, 0.3) is 0 Å². The van der Waals surface area contributed by atoms with E-state index in [0.717, 1.165) is 11.1 Å². The van der Waals surface area contributed by atoms with E-state index in [-0.39, 0.29) is 22.6 Å². The minimum atomic E-state index is -3.90. The molecule has 1 N–H and O–H groups in total. The van der Waals surface area contributed by atoms with Gasteiger partial charge in [0.05, 0.1) is 0 Å². The van der Waals surface area contributed by atoms with E-state index in [1.165, 1.54) is 36.4 Å². The molecule has 0 aliphatic heterocycles. The van der Waals surface area contributed by atoms with Gasteiger partial charge >= 0.3 is 10.1 Å². The van der Waals surface area contributed by atoms with Crippen molar-refractivity contribution < 1.29 is 21.8 Å². The first-order chi connectivity index (χ1) is 13.9. The molecule has 0 heterocycles. The average Bonchev–Trinajstić information content (AvgIpc) is 3.10. The van der Waals surface area contributed by atoms with Gasteiger partial charge in [-0.15, -0.1) is 0 Å². The van der Waals surface area contributed by atoms with E-state index in [1.54, 1.807) is 30.3 Å². The molecule has 0 saturated heterocycles. The zero-order valence-corrected chi connectivity index (χ0v) is 16.2. The van der Waals surface area contributed by atoms with Crippen molar-refractivity contribution in [1.29, 1.82) is 0 Å². The van der Waals surface area contributed by atoms with Crippen molar-refractivity contribution in [1.82, 2.24) is 5.32 Å². The van der Waals surface area contributed by atoms with E-state index in [2.05, 4.69) is 5.32 Å². The molecule has 0 bridgehead atoms. The Morgan fingerprint density at radius 2 is 1.62 bits per heavy atom. The fourth-order valence-corrected chi connectivity index (χ4v) is 4.32. The highest BCUT2D eigenvalue weighted by molar-refractivity contribution is 7.87. The van der Waals surface area contributed by atoms with Crippen molar-refractivity contribution in [3.63, 3.8) is 0 Å². The van der Waals surface area contributed by atoms with Gasteiger partial charge < -0.3 is 9.50 Å². The van der Waals surface area contributed by atoms with Crippen LogP contribution >= 0.6 is 0 Å². The maximum atomic E-state index is 13.0. The molecule has 1 atom stereocenters. The molecule has 29 heavy (non-hydrogen) atoms. The second kappa shape index (κ2) is 7.67. The Morgan fingerprint density at radius 1 is 0.931 bits per heavy atom. The molecule has 5 nitrogen and oxygen atoms in total. The summed E-state index contributed by atoms with van der Waals surface area (Å²) in [4.78, 5) is 12.4. The number of amides is 1. The molecule has 3 aromatic rings. The van der Waals surface area contributed by atoms with Gasteiger partial charge in [0.1, 0.15) is 16.5 Å². The van der Waals surface area contributed by atoms with Crippen LogP contribution in [-0.2, 0) is 23.0 Å². The number of nitrogens with one attached hydrogen (secondary N) is 1. The highest BCUT2D eigenvalue weighted by Gasteiger charge is 2.25. The van der Waals surface area contributed by atoms with E-state index in [4.69, 9.17) is 4.18 Å². The number of halogens is 1. The van der Waals surface area contributed by atoms with Gasteiger partial charge in [0.25, 0.3) is 5.91 Å². The summed E-state index contributed by atoms with van der Waals surface area (Å²) in [7, 11) is -3.90. The maximum Gasteiger partial charge on any atom is 0.339 e. The number of fused-ring (bicyclic) bond motifs is 1. The van der Waals surface area contributed by atoms with Crippen molar-refractivity contribution in [2.75, 3.05) is 0 Å². The molecule has 0 fully saturated rings. The molecule has 3 aromatic carbocycles. The van der Waals surface area contributed by atoms with E-state index < -0.39 is 15.9 Å². The molecule has 1 unspecified atom stereocenters. The van der Waals surface area contributed by atoms with Gasteiger partial charge in [-0.05, 0) is 72.5 Å². The van der Waals surface area contributed by atoms with E-state index in [9.17, 15) is 17.6 Å². The van der Waals surface area contributed by atoms with Crippen LogP contribution in [0.15, 0.2) is 77.7 Å². The molecule has 0 spiro atoms. The van der Waals surface area contributed by atoms with Gasteiger partial charge in [-0.1, -0.05) is 24.3 Å². The fraction of sp³-hybridized carbons (Fsp3) is 0.136. The molecule has 1 aliphatic rings. The SMILES string of the molecule is O=C(NC1Cc2ccc(OS(=O)(=O)c3ccccc3)cc2C1)c1ccc(F)cc1. The summed E-state index contributed by atoms with van der Waals surface area (Å²) in [5, 5.41) is 2.93. The van der Waals surface area contributed by atoms with Crippen LogP contribution in [0.3, 0.4) is 0 Å². The van der Waals surface area contributed by atoms with Gasteiger partial charge in [-0.3, -0.25) is 4.79 Å². The number of hydrogen-bond donors (Lipinski definition) is 1. The number of rotatable bonds is 5. The molecular formula is C22H18FNO4S. The van der Waals surface area contributed by atoms with Crippen molar-refractivity contribution in [3.05, 3.63) is 95.3 Å². The Kier molecular flexibility index (Phi) is 5.07. The summed E-state index contributed by atoms with van der Waals surface area (Å²) >= 11 is 0. The normalized spacial score (nSPS) is 15.6. The zero-order chi connectivity index (χ0) is 20.4. The topological polar surface area (TPSA) is 72.5 Å². The monoisotopic (exact) mass is 411 g/mol. The van der Waals surface area contributed by atoms with E-state index >= 15 is 0 Å². The minimum Gasteiger partial charge on any atom is -0.379 e. The summed E-state index contributed by atoms with van der Waals surface area (Å²) < 4.78 is 43.0. The highest BCUT2D eigenvalue weighted by Crippen LogP contribution is 2.28. The zero-order valence-electron chi connectivity index (χ0n) is 15.3. The molecule has 1 amide bonds. The lowest BCUT2D eigenvalue weighted by Gasteiger charge is -2.12. The molecule has 148 valence electrons. The van der Waals surface area contributed by atoms with Crippen molar-refractivity contribution in [2.45, 2.75) is 23.8 Å². The third-order valence-electron chi connectivity index (χ3n) is 4.79. The van der Waals surface area contributed by atoms with Gasteiger partial charge in [0, 0.05) is 11.6 Å². The Bertz CT molecular complexity index is 1150. The van der Waals surface area contributed by atoms with Gasteiger partial charge in [-0.2, -0.15) is 8.42 Å². The smallest absolute Gasteiger partial charge is 0.339 e. The first-order valence-electron chi connectivity index (χ1n) is 9.08. The van der Waals surface area contributed by atoms with Crippen molar-refractivity contribution >= 4 is 16.0 Å². The van der Waals surface area contributed by atoms with Crippen LogP contribution in [0.2, 0.25) is 0 Å². The van der Waals surface area contributed by atoms with E-state index in [1.807, 2.05) is 6.07 Å². The second-order valence-corrected chi connectivity index (χ2v) is 8.41. The van der Waals surface area contributed by atoms with Crippen LogP contribution < -0.4 is 9.50 Å². The molecule has 1 aliphatic carbocycles. The quantitative estimate of drug-likeness (QED) is 0.653. The largest absolute Gasteiger partial charge is 0.379 e. The second-order valence-electron chi connectivity index (χ2n) is 6.87. The highest BCUT2D eigenvalue weighted by atomic mass is 32.2. The van der Waals surface area contributed by atoms with Crippen LogP contribution in [0, 0.1) is 5.82 Å². The van der Waals surface area contributed by atoms with Gasteiger partial charge in [0.15, 0.2) is 0 Å². The summed E-state index contributed by atoms with van der Waals surface area (Å²) in [5.41, 5.74) is 2.34. The lowest BCUT2D eigenvalue weighted by Crippen LogP contribution is -2.35. The van der Waals surface area contributed by atoms with Crippen molar-refractivity contribution in [2.24, 2.45) is 0 Å². The Labute approximate surface area is 168 Å². The third kappa shape index (κ3) is 4.30. The van der Waals surface area contributed by atoms with Crippen molar-refractivity contribution in [3.8, 4) is 5.75 Å². The fourth-order valence-electron chi connectivity index (χ4n) is 3.38. The van der Waals surface area contributed by atoms with Gasteiger partial charge in [0.2, 0.25) is 0 Å². The molecule has 0 aromatic heterocycles. The predicted molar refractivity (Wildman–Crippen MR) is 106 cm³/mol. The lowest BCUT2D eigenvalue weighted by atomic mass is 10.1. The molecule has 7 heteroatoms. The Balaban J connectivity index is 1.44. The molecular weight excluding hydrogens is 393 g/mol. The number of carbonyl (C=O) groups is 1. The molecule has 0 radical (unpaired) electrons. The van der Waals surface area contributed by atoms with Crippen LogP contribution in [0.4, 0.5) is 4.39 Å². The van der Waals surface area contributed by atoms with Crippen LogP contribution in [0.1, 0.15) is 21.5 Å². The van der Waals surface area contributed by atoms with Crippen LogP contribution in [-0.4, -0.2) is 20.4 Å². The van der Waals surface area contributed by atoms with Crippen LogP contribution in [0.5, 0.6) is 5.75 Å². The first kappa shape index (κ1) is 19.1. The number of carbonyl (C=O) groups excluding carboxylic acids is 1. The molecule has 4 rings (SSSR count). The minimum absolute atomic E-state index is 0.0879. The average molecular weight is 411 g/mol. The number of benzene rings is 3. The third-order valence-corrected chi connectivity index (χ3v) is 6.05. The maximum absolute atomic E-state index is 13.0.